The third-order valence-electron chi connectivity index (χ3n) is 6.00. The summed E-state index contributed by atoms with van der Waals surface area (Å²) in [5.41, 5.74) is 7.56. The third-order valence-corrected chi connectivity index (χ3v) is 6.00. The molecule has 1 saturated heterocycles. The van der Waals surface area contributed by atoms with Crippen LogP contribution >= 0.6 is 0 Å². The largest absolute Gasteiger partial charge is 0.496 e. The first kappa shape index (κ1) is 20.0. The maximum absolute atomic E-state index is 12.0. The number of carbonyl (C=O) groups excluding carboxylic acids is 1. The van der Waals surface area contributed by atoms with Crippen LogP contribution in [0.4, 0.5) is 4.79 Å². The van der Waals surface area contributed by atoms with Crippen molar-refractivity contribution in [1.29, 1.82) is 0 Å². The molecule has 0 radical (unpaired) electrons. The van der Waals surface area contributed by atoms with E-state index in [0.29, 0.717) is 19.1 Å². The molecule has 6 nitrogen and oxygen atoms in total. The summed E-state index contributed by atoms with van der Waals surface area (Å²) in [6.07, 6.45) is 5.96. The van der Waals surface area contributed by atoms with Gasteiger partial charge in [-0.1, -0.05) is 18.2 Å². The molecule has 0 aromatic heterocycles. The SMILES string of the molecule is COC(=O)N1CCC[C@H](N)[C@@H]1CO[C@H]1CC[C@@H](c2ccccc2OC)CC1. The van der Waals surface area contributed by atoms with Crippen molar-refractivity contribution in [2.75, 3.05) is 27.4 Å². The molecule has 3 rings (SSSR count). The second kappa shape index (κ2) is 9.42. The number of piperidine rings is 1. The maximum Gasteiger partial charge on any atom is 0.409 e. The van der Waals surface area contributed by atoms with Crippen LogP contribution in [-0.4, -0.2) is 56.6 Å². The molecule has 1 aromatic carbocycles. The number of likely N-dealkylation sites (tertiary alicyclic amines) is 1. The molecule has 6 heteroatoms. The minimum Gasteiger partial charge on any atom is -0.496 e. The Hall–Kier alpha value is -1.79. The van der Waals surface area contributed by atoms with Crippen molar-refractivity contribution in [3.63, 3.8) is 0 Å². The van der Waals surface area contributed by atoms with Crippen molar-refractivity contribution in [2.45, 2.75) is 62.6 Å². The number of para-hydroxylation sites is 1. The van der Waals surface area contributed by atoms with Gasteiger partial charge in [0.05, 0.1) is 33.0 Å². The number of hydrogen-bond acceptors (Lipinski definition) is 5. The zero-order valence-corrected chi connectivity index (χ0v) is 16.4. The van der Waals surface area contributed by atoms with Crippen LogP contribution in [0.1, 0.15) is 50.0 Å². The summed E-state index contributed by atoms with van der Waals surface area (Å²) in [5.74, 6) is 1.49. The quantitative estimate of drug-likeness (QED) is 0.853. The fourth-order valence-corrected chi connectivity index (χ4v) is 4.42. The Bertz CT molecular complexity index is 616. The lowest BCUT2D eigenvalue weighted by atomic mass is 9.82. The molecule has 150 valence electrons. The second-order valence-corrected chi connectivity index (χ2v) is 7.59. The van der Waals surface area contributed by atoms with E-state index in [1.165, 1.54) is 12.7 Å². The van der Waals surface area contributed by atoms with Crippen LogP contribution in [0.25, 0.3) is 0 Å². The normalized spacial score (nSPS) is 28.6. The van der Waals surface area contributed by atoms with Crippen molar-refractivity contribution in [2.24, 2.45) is 5.73 Å². The molecule has 0 unspecified atom stereocenters. The number of nitrogens with zero attached hydrogens (tertiary/aromatic N) is 1. The standard InChI is InChI=1S/C21H32N2O4/c1-25-20-8-4-3-6-17(20)15-9-11-16(12-10-15)27-14-19-18(22)7-5-13-23(19)21(24)26-2/h3-4,6,8,15-16,18-19H,5,7,9-14,22H2,1-2H3/t15-,16+,18-,19-/m0/s1. The topological polar surface area (TPSA) is 74.0 Å². The average molecular weight is 376 g/mol. The van der Waals surface area contributed by atoms with E-state index in [4.69, 9.17) is 19.9 Å². The third kappa shape index (κ3) is 4.74. The Morgan fingerprint density at radius 1 is 1.15 bits per heavy atom. The van der Waals surface area contributed by atoms with Gasteiger partial charge in [0.1, 0.15) is 5.75 Å². The van der Waals surface area contributed by atoms with Crippen LogP contribution in [-0.2, 0) is 9.47 Å². The zero-order valence-electron chi connectivity index (χ0n) is 16.4. The monoisotopic (exact) mass is 376 g/mol. The van der Waals surface area contributed by atoms with E-state index in [2.05, 4.69) is 12.1 Å². The van der Waals surface area contributed by atoms with Crippen molar-refractivity contribution in [3.8, 4) is 5.75 Å². The minimum atomic E-state index is -0.307. The van der Waals surface area contributed by atoms with Gasteiger partial charge >= 0.3 is 6.09 Å². The van der Waals surface area contributed by atoms with Gasteiger partial charge in [-0.15, -0.1) is 0 Å². The fourth-order valence-electron chi connectivity index (χ4n) is 4.42. The van der Waals surface area contributed by atoms with Crippen molar-refractivity contribution in [3.05, 3.63) is 29.8 Å². The van der Waals surface area contributed by atoms with Gasteiger partial charge in [-0.25, -0.2) is 4.79 Å². The molecule has 1 saturated carbocycles. The first-order chi connectivity index (χ1) is 13.1. The van der Waals surface area contributed by atoms with E-state index in [9.17, 15) is 4.79 Å². The number of hydrogen-bond donors (Lipinski definition) is 1. The number of amides is 1. The van der Waals surface area contributed by atoms with Crippen molar-refractivity contribution < 1.29 is 19.0 Å². The molecule has 2 atom stereocenters. The van der Waals surface area contributed by atoms with E-state index in [1.807, 2.05) is 12.1 Å². The average Bonchev–Trinajstić information content (AvgIpc) is 2.72. The molecular formula is C21H32N2O4. The maximum atomic E-state index is 12.0. The Kier molecular flexibility index (Phi) is 6.96. The summed E-state index contributed by atoms with van der Waals surface area (Å²) in [7, 11) is 3.15. The molecule has 27 heavy (non-hydrogen) atoms. The molecule has 2 aliphatic rings. The summed E-state index contributed by atoms with van der Waals surface area (Å²) in [6.45, 7) is 1.18. The minimum absolute atomic E-state index is 0.0530. The number of rotatable bonds is 5. The van der Waals surface area contributed by atoms with Gasteiger partial charge in [0.15, 0.2) is 0 Å². The van der Waals surface area contributed by atoms with Crippen LogP contribution in [0, 0.1) is 0 Å². The van der Waals surface area contributed by atoms with Gasteiger partial charge in [0, 0.05) is 12.6 Å². The summed E-state index contributed by atoms with van der Waals surface area (Å²) in [6, 6.07) is 8.13. The molecule has 2 N–H and O–H groups in total. The van der Waals surface area contributed by atoms with Gasteiger partial charge in [-0.2, -0.15) is 0 Å². The smallest absolute Gasteiger partial charge is 0.409 e. The van der Waals surface area contributed by atoms with E-state index in [-0.39, 0.29) is 24.3 Å². The van der Waals surface area contributed by atoms with Gasteiger partial charge < -0.3 is 24.8 Å². The number of methoxy groups -OCH3 is 2. The second-order valence-electron chi connectivity index (χ2n) is 7.59. The Balaban J connectivity index is 1.52. The van der Waals surface area contributed by atoms with Crippen molar-refractivity contribution >= 4 is 6.09 Å². The Morgan fingerprint density at radius 2 is 1.89 bits per heavy atom. The van der Waals surface area contributed by atoms with E-state index in [0.717, 1.165) is 44.3 Å². The lowest BCUT2D eigenvalue weighted by Crippen LogP contribution is -2.56. The number of carbonyl (C=O) groups is 1. The van der Waals surface area contributed by atoms with Crippen molar-refractivity contribution in [1.82, 2.24) is 4.90 Å². The van der Waals surface area contributed by atoms with Crippen LogP contribution in [0.3, 0.4) is 0 Å². The Morgan fingerprint density at radius 3 is 2.59 bits per heavy atom. The summed E-state index contributed by atoms with van der Waals surface area (Å²) in [5, 5.41) is 0. The molecular weight excluding hydrogens is 344 g/mol. The number of nitrogens with two attached hydrogens (primary N) is 1. The van der Waals surface area contributed by atoms with Gasteiger partial charge in [0.25, 0.3) is 0 Å². The highest BCUT2D eigenvalue weighted by atomic mass is 16.5. The molecule has 1 heterocycles. The van der Waals surface area contributed by atoms with Crippen LogP contribution < -0.4 is 10.5 Å². The van der Waals surface area contributed by atoms with Crippen LogP contribution in [0.5, 0.6) is 5.75 Å². The molecule has 1 amide bonds. The highest BCUT2D eigenvalue weighted by molar-refractivity contribution is 5.68. The molecule has 1 aliphatic heterocycles. The molecule has 1 aromatic rings. The van der Waals surface area contributed by atoms with Gasteiger partial charge in [-0.05, 0) is 56.1 Å². The molecule has 0 bridgehead atoms. The lowest BCUT2D eigenvalue weighted by molar-refractivity contribution is -0.0230. The summed E-state index contributed by atoms with van der Waals surface area (Å²) >= 11 is 0. The highest BCUT2D eigenvalue weighted by Gasteiger charge is 2.34. The van der Waals surface area contributed by atoms with Crippen LogP contribution in [0.15, 0.2) is 24.3 Å². The van der Waals surface area contributed by atoms with E-state index >= 15 is 0 Å². The van der Waals surface area contributed by atoms with E-state index < -0.39 is 0 Å². The first-order valence-corrected chi connectivity index (χ1v) is 9.98. The zero-order chi connectivity index (χ0) is 19.2. The first-order valence-electron chi connectivity index (χ1n) is 9.98. The predicted molar refractivity (Wildman–Crippen MR) is 104 cm³/mol. The molecule has 1 aliphatic carbocycles. The summed E-state index contributed by atoms with van der Waals surface area (Å²) < 4.78 is 16.6. The summed E-state index contributed by atoms with van der Waals surface area (Å²) in [4.78, 5) is 13.7. The highest BCUT2D eigenvalue weighted by Crippen LogP contribution is 2.38. The fraction of sp³-hybridized carbons (Fsp3) is 0.667. The van der Waals surface area contributed by atoms with Gasteiger partial charge in [0.2, 0.25) is 0 Å². The Labute approximate surface area is 161 Å². The molecule has 0 spiro atoms. The van der Waals surface area contributed by atoms with E-state index in [1.54, 1.807) is 12.0 Å². The van der Waals surface area contributed by atoms with Gasteiger partial charge in [-0.3, -0.25) is 0 Å². The lowest BCUT2D eigenvalue weighted by Gasteiger charge is -2.39. The molecule has 2 fully saturated rings. The predicted octanol–water partition coefficient (Wildman–Crippen LogP) is 3.30. The number of ether oxygens (including phenoxy) is 3. The number of benzene rings is 1. The van der Waals surface area contributed by atoms with Crippen LogP contribution in [0.2, 0.25) is 0 Å².